The zero-order valence-electron chi connectivity index (χ0n) is 29.0. The van der Waals surface area contributed by atoms with Crippen LogP contribution in [-0.4, -0.2) is 89.4 Å². The number of ether oxygens (including phenoxy) is 1. The molecule has 4 aromatic rings. The van der Waals surface area contributed by atoms with Gasteiger partial charge in [0.1, 0.15) is 28.3 Å². The summed E-state index contributed by atoms with van der Waals surface area (Å²) >= 11 is 3.39. The number of fused-ring (bicyclic) bond motifs is 4. The van der Waals surface area contributed by atoms with Crippen LogP contribution in [0.25, 0.3) is 22.2 Å². The van der Waals surface area contributed by atoms with E-state index in [-0.39, 0.29) is 49.9 Å². The number of Topliss-reactive ketones (excluding diaryl/α,β-unsaturated/α-hetero) is 2. The smallest absolute Gasteiger partial charge is 0.245 e. The van der Waals surface area contributed by atoms with E-state index in [1.165, 1.54) is 22.7 Å². The average molecular weight is 764 g/mol. The monoisotopic (exact) mass is 762 g/mol. The van der Waals surface area contributed by atoms with Gasteiger partial charge in [0.05, 0.1) is 55.3 Å². The van der Waals surface area contributed by atoms with Gasteiger partial charge < -0.3 is 15.0 Å². The van der Waals surface area contributed by atoms with Gasteiger partial charge in [-0.05, 0) is 53.4 Å². The first-order valence-electron chi connectivity index (χ1n) is 16.9. The van der Waals surface area contributed by atoms with Gasteiger partial charge in [-0.3, -0.25) is 28.8 Å². The maximum atomic E-state index is 16.7. The second kappa shape index (κ2) is 14.6. The number of halogens is 2. The van der Waals surface area contributed by atoms with Gasteiger partial charge in [-0.15, -0.1) is 0 Å². The zero-order valence-corrected chi connectivity index (χ0v) is 30.6. The molecule has 2 amide bonds. The van der Waals surface area contributed by atoms with E-state index in [4.69, 9.17) is 4.74 Å². The number of aryl methyl sites for hydroxylation is 1. The Kier molecular flexibility index (Phi) is 10.4. The maximum Gasteiger partial charge on any atom is 0.245 e. The van der Waals surface area contributed by atoms with Crippen LogP contribution >= 0.6 is 15.9 Å². The van der Waals surface area contributed by atoms with Gasteiger partial charge in [-0.25, -0.2) is 19.3 Å². The normalized spacial score (nSPS) is 21.6. The summed E-state index contributed by atoms with van der Waals surface area (Å²) in [6.45, 7) is 6.30. The summed E-state index contributed by atoms with van der Waals surface area (Å²) < 4.78 is 24.5. The van der Waals surface area contributed by atoms with E-state index >= 15 is 4.39 Å². The van der Waals surface area contributed by atoms with Gasteiger partial charge >= 0.3 is 0 Å². The molecule has 0 aromatic carbocycles. The Morgan fingerprint density at radius 2 is 1.88 bits per heavy atom. The van der Waals surface area contributed by atoms with Crippen molar-refractivity contribution in [1.82, 2.24) is 39.9 Å². The summed E-state index contributed by atoms with van der Waals surface area (Å²) in [5, 5.41) is 7.69. The molecule has 0 unspecified atom stereocenters. The second-order valence-corrected chi connectivity index (χ2v) is 14.8. The number of pyridine rings is 2. The third kappa shape index (κ3) is 8.04. The Morgan fingerprint density at radius 1 is 1.12 bits per heavy atom. The molecule has 6 rings (SSSR count). The van der Waals surface area contributed by atoms with E-state index in [9.17, 15) is 19.2 Å². The molecule has 0 aliphatic carbocycles. The van der Waals surface area contributed by atoms with Crippen LogP contribution in [0.5, 0.6) is 0 Å². The van der Waals surface area contributed by atoms with Crippen LogP contribution in [0.4, 0.5) is 4.39 Å². The Morgan fingerprint density at radius 3 is 2.63 bits per heavy atom. The fourth-order valence-electron chi connectivity index (χ4n) is 6.58. The van der Waals surface area contributed by atoms with E-state index < -0.39 is 35.4 Å². The molecule has 0 saturated carbocycles. The number of amides is 2. The van der Waals surface area contributed by atoms with Gasteiger partial charge in [0, 0.05) is 48.7 Å². The van der Waals surface area contributed by atoms with Crippen molar-refractivity contribution in [3.63, 3.8) is 0 Å². The van der Waals surface area contributed by atoms with Crippen LogP contribution in [0, 0.1) is 12.3 Å². The van der Waals surface area contributed by atoms with Crippen molar-refractivity contribution in [2.24, 2.45) is 5.41 Å². The van der Waals surface area contributed by atoms with Crippen molar-refractivity contribution in [3.05, 3.63) is 64.2 Å². The lowest BCUT2D eigenvalue weighted by molar-refractivity contribution is -0.138. The highest BCUT2D eigenvalue weighted by Crippen LogP contribution is 2.34. The Hall–Kier alpha value is -4.50. The highest BCUT2D eigenvalue weighted by Gasteiger charge is 2.49. The SMILES string of the molecule is CC(=O)c1nn(CC(=O)N2C[C@@]3(F)CNC(=O)C(C)(C)CCCCOCc4ccc(Br)nc4CC(=O)[C@@H]2C3)c2cnc(-c3cnc(C)nc3)cc12. The number of alkyl halides is 1. The summed E-state index contributed by atoms with van der Waals surface area (Å²) in [6, 6.07) is 4.15. The van der Waals surface area contributed by atoms with Crippen LogP contribution in [0.3, 0.4) is 0 Å². The van der Waals surface area contributed by atoms with E-state index in [0.717, 1.165) is 18.4 Å². The molecule has 1 N–H and O–H groups in total. The van der Waals surface area contributed by atoms with Crippen LogP contribution in [0.2, 0.25) is 0 Å². The lowest BCUT2D eigenvalue weighted by Crippen LogP contribution is -2.47. The second-order valence-electron chi connectivity index (χ2n) is 14.0. The molecule has 2 bridgehead atoms. The summed E-state index contributed by atoms with van der Waals surface area (Å²) in [5.41, 5.74) is 0.0739. The molecule has 15 heteroatoms. The molecule has 0 spiro atoms. The number of nitrogens with one attached hydrogen (secondary N) is 1. The Balaban J connectivity index is 1.32. The van der Waals surface area contributed by atoms with Crippen molar-refractivity contribution in [2.45, 2.75) is 84.7 Å². The van der Waals surface area contributed by atoms with E-state index in [1.54, 1.807) is 31.5 Å². The first kappa shape index (κ1) is 36.3. The van der Waals surface area contributed by atoms with Crippen molar-refractivity contribution < 1.29 is 28.3 Å². The van der Waals surface area contributed by atoms with Gasteiger partial charge in [0.25, 0.3) is 0 Å². The molecule has 2 aliphatic rings. The van der Waals surface area contributed by atoms with Crippen molar-refractivity contribution in [1.29, 1.82) is 0 Å². The molecule has 6 heterocycles. The van der Waals surface area contributed by atoms with Crippen LogP contribution < -0.4 is 5.32 Å². The fourth-order valence-corrected chi connectivity index (χ4v) is 6.93. The molecule has 1 fully saturated rings. The number of hydrogen-bond donors (Lipinski definition) is 1. The van der Waals surface area contributed by atoms with Crippen molar-refractivity contribution in [2.75, 3.05) is 19.7 Å². The van der Waals surface area contributed by atoms with Crippen LogP contribution in [0.1, 0.15) is 74.0 Å². The lowest BCUT2D eigenvalue weighted by atomic mass is 9.86. The molecule has 268 valence electrons. The standard InChI is InChI=1S/C36H40BrFN8O5/c1-21(47)33-25-11-26(24-14-39-22(2)40-15-24)41-16-29(25)46(44-33)17-32(49)45-20-36(38)13-28(45)30(48)12-27-23(7-8-31(37)43-27)18-51-10-6-5-9-35(3,4)34(50)42-19-36/h7-8,11,14-16,28H,5-6,9-10,12-13,17-20H2,1-4H3,(H,42,50)/t28-,36-/m0/s1. The van der Waals surface area contributed by atoms with Gasteiger partial charge in [-0.2, -0.15) is 5.10 Å². The number of carbonyl (C=O) groups is 4. The first-order chi connectivity index (χ1) is 24.2. The van der Waals surface area contributed by atoms with Gasteiger partial charge in [-0.1, -0.05) is 26.3 Å². The number of carbonyl (C=O) groups excluding carboxylic acids is 4. The number of rotatable bonds is 4. The maximum absolute atomic E-state index is 16.7. The zero-order chi connectivity index (χ0) is 36.5. The quantitative estimate of drug-likeness (QED) is 0.231. The predicted molar refractivity (Wildman–Crippen MR) is 188 cm³/mol. The van der Waals surface area contributed by atoms with Crippen LogP contribution in [-0.2, 0) is 38.7 Å². The number of aromatic nitrogens is 6. The Bertz CT molecular complexity index is 2000. The highest BCUT2D eigenvalue weighted by molar-refractivity contribution is 9.10. The van der Waals surface area contributed by atoms with Gasteiger partial charge in [0.2, 0.25) is 11.8 Å². The molecular weight excluding hydrogens is 723 g/mol. The first-order valence-corrected chi connectivity index (χ1v) is 17.7. The molecule has 0 radical (unpaired) electrons. The third-order valence-electron chi connectivity index (χ3n) is 9.57. The Labute approximate surface area is 302 Å². The lowest BCUT2D eigenvalue weighted by Gasteiger charge is -2.27. The fraction of sp³-hybridized carbons (Fsp3) is 0.472. The highest BCUT2D eigenvalue weighted by atomic mass is 79.9. The number of likely N-dealkylation sites (tertiary alicyclic amines) is 1. The van der Waals surface area contributed by atoms with E-state index in [1.807, 2.05) is 19.9 Å². The van der Waals surface area contributed by atoms with E-state index in [0.29, 0.717) is 51.3 Å². The molecule has 1 saturated heterocycles. The minimum Gasteiger partial charge on any atom is -0.377 e. The number of nitrogens with zero attached hydrogens (tertiary/aromatic N) is 7. The molecular formula is C36H40BrFN8O5. The molecule has 2 aliphatic heterocycles. The van der Waals surface area contributed by atoms with Crippen molar-refractivity contribution in [3.8, 4) is 11.3 Å². The summed E-state index contributed by atoms with van der Waals surface area (Å²) in [7, 11) is 0. The summed E-state index contributed by atoms with van der Waals surface area (Å²) in [4.78, 5) is 72.8. The molecule has 4 aromatic heterocycles. The minimum absolute atomic E-state index is 0.136. The van der Waals surface area contributed by atoms with Crippen molar-refractivity contribution >= 4 is 50.2 Å². The molecule has 13 nitrogen and oxygen atoms in total. The largest absolute Gasteiger partial charge is 0.377 e. The minimum atomic E-state index is -2.07. The average Bonchev–Trinajstić information content (AvgIpc) is 3.64. The predicted octanol–water partition coefficient (Wildman–Crippen LogP) is 4.52. The van der Waals surface area contributed by atoms with Gasteiger partial charge in [0.15, 0.2) is 11.6 Å². The topological polar surface area (TPSA) is 162 Å². The molecule has 2 atom stereocenters. The van der Waals surface area contributed by atoms with E-state index in [2.05, 4.69) is 46.3 Å². The number of hydrogen-bond acceptors (Lipinski definition) is 10. The third-order valence-corrected chi connectivity index (χ3v) is 10.0. The summed E-state index contributed by atoms with van der Waals surface area (Å²) in [6.07, 6.45) is 6.36. The molecule has 51 heavy (non-hydrogen) atoms. The number of ketones is 2. The van der Waals surface area contributed by atoms with Crippen LogP contribution in [0.15, 0.2) is 41.4 Å². The summed E-state index contributed by atoms with van der Waals surface area (Å²) in [5.74, 6) is -0.995.